The highest BCUT2D eigenvalue weighted by molar-refractivity contribution is 6.03. The Labute approximate surface area is 133 Å². The number of nitrogens with zero attached hydrogens (tertiary/aromatic N) is 1. The molecule has 0 fully saturated rings. The molecule has 1 N–H and O–H groups in total. The zero-order valence-electron chi connectivity index (χ0n) is 12.6. The highest BCUT2D eigenvalue weighted by atomic mass is 16.5. The monoisotopic (exact) mass is 312 g/mol. The number of pyridine rings is 1. The fourth-order valence-electron chi connectivity index (χ4n) is 1.99. The molecule has 1 amide bonds. The highest BCUT2D eigenvalue weighted by Gasteiger charge is 2.14. The fourth-order valence-corrected chi connectivity index (χ4v) is 1.99. The normalized spacial score (nSPS) is 9.96. The smallest absolute Gasteiger partial charge is 0.339 e. The lowest BCUT2D eigenvalue weighted by Gasteiger charge is -2.09. The number of methoxy groups -OCH3 is 1. The summed E-state index contributed by atoms with van der Waals surface area (Å²) >= 11 is 0. The summed E-state index contributed by atoms with van der Waals surface area (Å²) in [4.78, 5) is 39.4. The third-order valence-corrected chi connectivity index (χ3v) is 3.17. The van der Waals surface area contributed by atoms with Crippen molar-refractivity contribution in [3.05, 3.63) is 59.9 Å². The summed E-state index contributed by atoms with van der Waals surface area (Å²) in [5.41, 5.74) is 1.09. The predicted octanol–water partition coefficient (Wildman–Crippen LogP) is 2.47. The largest absolute Gasteiger partial charge is 0.465 e. The lowest BCUT2D eigenvalue weighted by Crippen LogP contribution is -2.16. The van der Waals surface area contributed by atoms with E-state index in [-0.39, 0.29) is 30.1 Å². The highest BCUT2D eigenvalue weighted by Crippen LogP contribution is 2.16. The number of esters is 1. The minimum absolute atomic E-state index is 0.0171. The van der Waals surface area contributed by atoms with Gasteiger partial charge in [-0.25, -0.2) is 4.79 Å². The molecule has 0 aliphatic heterocycles. The minimum atomic E-state index is -0.535. The summed E-state index contributed by atoms with van der Waals surface area (Å²) in [6.45, 7) is 0. The molecular formula is C17H16N2O4. The Kier molecular flexibility index (Phi) is 5.57. The van der Waals surface area contributed by atoms with E-state index in [2.05, 4.69) is 15.0 Å². The molecule has 6 nitrogen and oxygen atoms in total. The Balaban J connectivity index is 1.96. The molecule has 0 spiro atoms. The number of rotatable bonds is 6. The zero-order valence-corrected chi connectivity index (χ0v) is 12.6. The van der Waals surface area contributed by atoms with Crippen molar-refractivity contribution in [3.8, 4) is 0 Å². The third kappa shape index (κ3) is 4.47. The average Bonchev–Trinajstić information content (AvgIpc) is 2.60. The molecule has 0 atom stereocenters. The second-order valence-electron chi connectivity index (χ2n) is 4.75. The number of hydrogen-bond acceptors (Lipinski definition) is 5. The van der Waals surface area contributed by atoms with E-state index in [0.29, 0.717) is 11.3 Å². The Hall–Kier alpha value is -3.02. The van der Waals surface area contributed by atoms with Crippen molar-refractivity contribution in [2.75, 3.05) is 12.4 Å². The lowest BCUT2D eigenvalue weighted by molar-refractivity contribution is -0.116. The van der Waals surface area contributed by atoms with Gasteiger partial charge in [0.2, 0.25) is 5.91 Å². The molecule has 0 aliphatic rings. The molecule has 0 radical (unpaired) electrons. The summed E-state index contributed by atoms with van der Waals surface area (Å²) < 4.78 is 4.66. The maximum absolute atomic E-state index is 12.0. The van der Waals surface area contributed by atoms with Gasteiger partial charge in [-0.3, -0.25) is 14.6 Å². The first kappa shape index (κ1) is 16.4. The van der Waals surface area contributed by atoms with Crippen LogP contribution in [0.3, 0.4) is 0 Å². The van der Waals surface area contributed by atoms with Crippen LogP contribution in [0, 0.1) is 0 Å². The fraction of sp³-hybridized carbons (Fsp3) is 0.176. The molecule has 0 saturated heterocycles. The minimum Gasteiger partial charge on any atom is -0.465 e. The number of carbonyl (C=O) groups excluding carboxylic acids is 3. The van der Waals surface area contributed by atoms with Crippen LogP contribution in [0.25, 0.3) is 0 Å². The summed E-state index contributed by atoms with van der Waals surface area (Å²) in [6.07, 6.45) is 3.13. The summed E-state index contributed by atoms with van der Waals surface area (Å²) in [5, 5.41) is 2.62. The first-order valence-electron chi connectivity index (χ1n) is 7.02. The molecule has 6 heteroatoms. The van der Waals surface area contributed by atoms with Crippen molar-refractivity contribution >= 4 is 23.3 Å². The van der Waals surface area contributed by atoms with Gasteiger partial charge in [0.25, 0.3) is 0 Å². The van der Waals surface area contributed by atoms with E-state index >= 15 is 0 Å². The van der Waals surface area contributed by atoms with Crippen LogP contribution in [0.1, 0.15) is 33.6 Å². The van der Waals surface area contributed by atoms with Gasteiger partial charge in [-0.15, -0.1) is 0 Å². The SMILES string of the molecule is COC(=O)c1ccccc1NC(=O)CCC(=O)c1cccnc1. The van der Waals surface area contributed by atoms with E-state index in [0.717, 1.165) is 0 Å². The van der Waals surface area contributed by atoms with Crippen LogP contribution >= 0.6 is 0 Å². The molecule has 0 bridgehead atoms. The number of ketones is 1. The molecule has 1 aromatic carbocycles. The van der Waals surface area contributed by atoms with Gasteiger partial charge in [0, 0.05) is 30.8 Å². The van der Waals surface area contributed by atoms with E-state index < -0.39 is 5.97 Å². The predicted molar refractivity (Wildman–Crippen MR) is 84.2 cm³/mol. The number of nitrogens with one attached hydrogen (secondary N) is 1. The molecule has 23 heavy (non-hydrogen) atoms. The molecule has 0 saturated carbocycles. The van der Waals surface area contributed by atoms with Crippen LogP contribution in [-0.4, -0.2) is 29.8 Å². The number of hydrogen-bond donors (Lipinski definition) is 1. The second kappa shape index (κ2) is 7.84. The molecule has 118 valence electrons. The number of Topliss-reactive ketones (excluding diaryl/α,β-unsaturated/α-hetero) is 1. The number of carbonyl (C=O) groups is 3. The van der Waals surface area contributed by atoms with Crippen molar-refractivity contribution in [1.29, 1.82) is 0 Å². The van der Waals surface area contributed by atoms with E-state index in [4.69, 9.17) is 0 Å². The van der Waals surface area contributed by atoms with Gasteiger partial charge in [0.05, 0.1) is 18.4 Å². The number of ether oxygens (including phenoxy) is 1. The topological polar surface area (TPSA) is 85.4 Å². The quantitative estimate of drug-likeness (QED) is 0.654. The second-order valence-corrected chi connectivity index (χ2v) is 4.75. The van der Waals surface area contributed by atoms with E-state index in [1.165, 1.54) is 13.3 Å². The first-order chi connectivity index (χ1) is 11.1. The standard InChI is InChI=1S/C17H16N2O4/c1-23-17(22)13-6-2-3-7-14(13)19-16(21)9-8-15(20)12-5-4-10-18-11-12/h2-7,10-11H,8-9H2,1H3,(H,19,21). The molecule has 2 rings (SSSR count). The van der Waals surface area contributed by atoms with E-state index in [9.17, 15) is 14.4 Å². The van der Waals surface area contributed by atoms with Gasteiger partial charge in [0.15, 0.2) is 5.78 Å². The molecule has 1 aromatic heterocycles. The molecule has 1 heterocycles. The number of para-hydroxylation sites is 1. The average molecular weight is 312 g/mol. The van der Waals surface area contributed by atoms with Crippen molar-refractivity contribution in [2.45, 2.75) is 12.8 Å². The van der Waals surface area contributed by atoms with Crippen LogP contribution in [0.5, 0.6) is 0 Å². The summed E-state index contributed by atoms with van der Waals surface area (Å²) in [5.74, 6) is -1.04. The number of anilines is 1. The first-order valence-corrected chi connectivity index (χ1v) is 7.02. The van der Waals surface area contributed by atoms with Gasteiger partial charge in [-0.2, -0.15) is 0 Å². The van der Waals surface area contributed by atoms with Gasteiger partial charge < -0.3 is 10.1 Å². The van der Waals surface area contributed by atoms with Gasteiger partial charge in [0.1, 0.15) is 0 Å². The van der Waals surface area contributed by atoms with Crippen LogP contribution < -0.4 is 5.32 Å². The van der Waals surface area contributed by atoms with Crippen LogP contribution in [0.4, 0.5) is 5.69 Å². The maximum atomic E-state index is 12.0. The van der Waals surface area contributed by atoms with Crippen molar-refractivity contribution in [3.63, 3.8) is 0 Å². The molecule has 0 aliphatic carbocycles. The summed E-state index contributed by atoms with van der Waals surface area (Å²) in [6, 6.07) is 9.85. The van der Waals surface area contributed by atoms with Crippen molar-refractivity contribution < 1.29 is 19.1 Å². The molecular weight excluding hydrogens is 296 g/mol. The van der Waals surface area contributed by atoms with Crippen molar-refractivity contribution in [2.24, 2.45) is 0 Å². The van der Waals surface area contributed by atoms with E-state index in [1.807, 2.05) is 0 Å². The Morgan fingerprint density at radius 2 is 1.87 bits per heavy atom. The third-order valence-electron chi connectivity index (χ3n) is 3.17. The van der Waals surface area contributed by atoms with Crippen LogP contribution in [0.2, 0.25) is 0 Å². The zero-order chi connectivity index (χ0) is 16.7. The van der Waals surface area contributed by atoms with Gasteiger partial charge in [-0.1, -0.05) is 12.1 Å². The van der Waals surface area contributed by atoms with Gasteiger partial charge in [-0.05, 0) is 24.3 Å². The maximum Gasteiger partial charge on any atom is 0.339 e. The summed E-state index contributed by atoms with van der Waals surface area (Å²) in [7, 11) is 1.27. The number of aromatic nitrogens is 1. The van der Waals surface area contributed by atoms with Crippen LogP contribution in [-0.2, 0) is 9.53 Å². The molecule has 2 aromatic rings. The Morgan fingerprint density at radius 3 is 2.57 bits per heavy atom. The van der Waals surface area contributed by atoms with Crippen molar-refractivity contribution in [1.82, 2.24) is 4.98 Å². The molecule has 0 unspecified atom stereocenters. The van der Waals surface area contributed by atoms with E-state index in [1.54, 1.807) is 42.6 Å². The number of benzene rings is 1. The van der Waals surface area contributed by atoms with Gasteiger partial charge >= 0.3 is 5.97 Å². The Bertz CT molecular complexity index is 714. The Morgan fingerprint density at radius 1 is 1.09 bits per heavy atom. The van der Waals surface area contributed by atoms with Crippen LogP contribution in [0.15, 0.2) is 48.8 Å². The number of amides is 1. The lowest BCUT2D eigenvalue weighted by atomic mass is 10.1.